The third kappa shape index (κ3) is 6.28. The number of fused-ring (bicyclic) bond motifs is 1. The number of unbranched alkanes of at least 4 members (excludes halogenated alkanes) is 1. The molecule has 0 radical (unpaired) electrons. The number of aromatic nitrogens is 2. The van der Waals surface area contributed by atoms with E-state index in [1.807, 2.05) is 18.2 Å². The van der Waals surface area contributed by atoms with Crippen LogP contribution in [0.5, 0.6) is 5.75 Å². The first-order chi connectivity index (χ1) is 11.3. The van der Waals surface area contributed by atoms with Crippen LogP contribution in [-0.4, -0.2) is 28.2 Å². The van der Waals surface area contributed by atoms with Crippen molar-refractivity contribution >= 4 is 24.2 Å². The van der Waals surface area contributed by atoms with Gasteiger partial charge < -0.3 is 10.1 Å². The van der Waals surface area contributed by atoms with Crippen LogP contribution in [0.25, 0.3) is 0 Å². The molecule has 0 bridgehead atoms. The van der Waals surface area contributed by atoms with E-state index in [4.69, 9.17) is 4.74 Å². The standard InChI is InChI=1S/C13H17NO2S.C4H4N2/c15-13-6-3-10-9-11(4-5-12(10)14-13)16-7-1-2-8-17;1-2-5-4-6-3-1/h4-5,9,17H,1-3,6-8H2,(H,14,15);1-4H. The molecule has 3 rings (SSSR count). The van der Waals surface area contributed by atoms with E-state index in [1.54, 1.807) is 18.5 Å². The highest BCUT2D eigenvalue weighted by Crippen LogP contribution is 2.26. The molecule has 5 nitrogen and oxygen atoms in total. The molecule has 0 spiro atoms. The van der Waals surface area contributed by atoms with E-state index in [9.17, 15) is 4.79 Å². The van der Waals surface area contributed by atoms with Crippen molar-refractivity contribution in [3.8, 4) is 5.75 Å². The Bertz CT molecular complexity index is 581. The second kappa shape index (κ2) is 9.84. The Morgan fingerprint density at radius 1 is 1.17 bits per heavy atom. The van der Waals surface area contributed by atoms with Crippen molar-refractivity contribution in [2.75, 3.05) is 17.7 Å². The lowest BCUT2D eigenvalue weighted by atomic mass is 10.0. The molecule has 1 aliphatic rings. The monoisotopic (exact) mass is 331 g/mol. The first-order valence-corrected chi connectivity index (χ1v) is 8.29. The second-order valence-electron chi connectivity index (χ2n) is 5.05. The molecule has 1 N–H and O–H groups in total. The van der Waals surface area contributed by atoms with Gasteiger partial charge in [0.1, 0.15) is 12.1 Å². The summed E-state index contributed by atoms with van der Waals surface area (Å²) in [6.07, 6.45) is 8.34. The molecule has 0 fully saturated rings. The lowest BCUT2D eigenvalue weighted by Gasteiger charge is -2.17. The molecule has 0 unspecified atom stereocenters. The summed E-state index contributed by atoms with van der Waals surface area (Å²) >= 11 is 4.16. The molecule has 2 aromatic rings. The number of carbonyl (C=O) groups is 1. The van der Waals surface area contributed by atoms with Gasteiger partial charge in [-0.15, -0.1) is 0 Å². The van der Waals surface area contributed by atoms with Crippen LogP contribution in [0.4, 0.5) is 5.69 Å². The van der Waals surface area contributed by atoms with E-state index in [-0.39, 0.29) is 5.91 Å². The number of thiol groups is 1. The van der Waals surface area contributed by atoms with Gasteiger partial charge in [0.15, 0.2) is 0 Å². The Morgan fingerprint density at radius 3 is 2.65 bits per heavy atom. The fourth-order valence-electron chi connectivity index (χ4n) is 2.11. The minimum absolute atomic E-state index is 0.0972. The maximum absolute atomic E-state index is 11.2. The zero-order chi connectivity index (χ0) is 16.3. The van der Waals surface area contributed by atoms with Crippen LogP contribution >= 0.6 is 12.6 Å². The number of carbonyl (C=O) groups excluding carboxylic acids is 1. The average molecular weight is 331 g/mol. The van der Waals surface area contributed by atoms with Crippen molar-refractivity contribution in [3.63, 3.8) is 0 Å². The van der Waals surface area contributed by atoms with Crippen LogP contribution in [0.2, 0.25) is 0 Å². The summed E-state index contributed by atoms with van der Waals surface area (Å²) in [4.78, 5) is 18.6. The Balaban J connectivity index is 0.000000268. The van der Waals surface area contributed by atoms with Gasteiger partial charge in [-0.25, -0.2) is 9.97 Å². The van der Waals surface area contributed by atoms with E-state index in [2.05, 4.69) is 27.9 Å². The molecule has 0 aliphatic carbocycles. The third-order valence-electron chi connectivity index (χ3n) is 3.27. The number of anilines is 1. The van der Waals surface area contributed by atoms with Crippen LogP contribution < -0.4 is 10.1 Å². The minimum atomic E-state index is 0.0972. The summed E-state index contributed by atoms with van der Waals surface area (Å²) in [6, 6.07) is 7.63. The fraction of sp³-hybridized carbons (Fsp3) is 0.353. The number of hydrogen-bond acceptors (Lipinski definition) is 5. The lowest BCUT2D eigenvalue weighted by Crippen LogP contribution is -2.18. The molecule has 6 heteroatoms. The zero-order valence-corrected chi connectivity index (χ0v) is 13.8. The maximum Gasteiger partial charge on any atom is 0.224 e. The van der Waals surface area contributed by atoms with Crippen LogP contribution in [-0.2, 0) is 11.2 Å². The average Bonchev–Trinajstić information content (AvgIpc) is 2.61. The summed E-state index contributed by atoms with van der Waals surface area (Å²) < 4.78 is 5.65. The Hall–Kier alpha value is -2.08. The van der Waals surface area contributed by atoms with Gasteiger partial charge in [-0.2, -0.15) is 12.6 Å². The molecular formula is C17H21N3O2S. The number of aryl methyl sites for hydroxylation is 1. The molecule has 1 amide bonds. The lowest BCUT2D eigenvalue weighted by molar-refractivity contribution is -0.116. The fourth-order valence-corrected chi connectivity index (χ4v) is 2.33. The second-order valence-corrected chi connectivity index (χ2v) is 5.50. The molecule has 1 aromatic heterocycles. The highest BCUT2D eigenvalue weighted by atomic mass is 32.1. The molecule has 0 saturated carbocycles. The number of rotatable bonds is 5. The summed E-state index contributed by atoms with van der Waals surface area (Å²) in [5.41, 5.74) is 2.08. The summed E-state index contributed by atoms with van der Waals surface area (Å²) in [6.45, 7) is 0.728. The minimum Gasteiger partial charge on any atom is -0.494 e. The SMILES string of the molecule is O=C1CCc2cc(OCCCCS)ccc2N1.c1cncnc1. The van der Waals surface area contributed by atoms with Crippen LogP contribution in [0, 0.1) is 0 Å². The molecule has 1 aliphatic heterocycles. The van der Waals surface area contributed by atoms with E-state index in [0.717, 1.165) is 48.6 Å². The van der Waals surface area contributed by atoms with E-state index >= 15 is 0 Å². The van der Waals surface area contributed by atoms with Crippen molar-refractivity contribution in [2.24, 2.45) is 0 Å². The Morgan fingerprint density at radius 2 is 2.00 bits per heavy atom. The van der Waals surface area contributed by atoms with Crippen molar-refractivity contribution in [3.05, 3.63) is 48.5 Å². The Kier molecular flexibility index (Phi) is 7.39. The maximum atomic E-state index is 11.2. The van der Waals surface area contributed by atoms with E-state index in [0.29, 0.717) is 6.42 Å². The first-order valence-electron chi connectivity index (χ1n) is 7.66. The molecule has 122 valence electrons. The topological polar surface area (TPSA) is 64.1 Å². The molecule has 0 saturated heterocycles. The van der Waals surface area contributed by atoms with Gasteiger partial charge >= 0.3 is 0 Å². The largest absolute Gasteiger partial charge is 0.494 e. The van der Waals surface area contributed by atoms with Crippen LogP contribution in [0.3, 0.4) is 0 Å². The normalized spacial score (nSPS) is 12.5. The highest BCUT2D eigenvalue weighted by molar-refractivity contribution is 7.80. The number of hydrogen-bond donors (Lipinski definition) is 2. The smallest absolute Gasteiger partial charge is 0.224 e. The van der Waals surface area contributed by atoms with E-state index < -0.39 is 0 Å². The molecule has 23 heavy (non-hydrogen) atoms. The molecule has 1 aromatic carbocycles. The molecule has 2 heterocycles. The molecule has 0 atom stereocenters. The predicted molar refractivity (Wildman–Crippen MR) is 94.0 cm³/mol. The van der Waals surface area contributed by atoms with Gasteiger partial charge in [0.25, 0.3) is 0 Å². The van der Waals surface area contributed by atoms with Gasteiger partial charge in [-0.05, 0) is 54.8 Å². The van der Waals surface area contributed by atoms with Crippen LogP contribution in [0.1, 0.15) is 24.8 Å². The number of nitrogens with one attached hydrogen (secondary N) is 1. The quantitative estimate of drug-likeness (QED) is 0.652. The van der Waals surface area contributed by atoms with Gasteiger partial charge in [-0.1, -0.05) is 0 Å². The molecular weight excluding hydrogens is 310 g/mol. The van der Waals surface area contributed by atoms with Crippen LogP contribution in [0.15, 0.2) is 43.0 Å². The van der Waals surface area contributed by atoms with Crippen molar-refractivity contribution in [2.45, 2.75) is 25.7 Å². The zero-order valence-electron chi connectivity index (χ0n) is 12.9. The number of amides is 1. The number of benzene rings is 1. The van der Waals surface area contributed by atoms with Crippen molar-refractivity contribution in [1.82, 2.24) is 9.97 Å². The highest BCUT2D eigenvalue weighted by Gasteiger charge is 2.14. The van der Waals surface area contributed by atoms with Crippen molar-refractivity contribution < 1.29 is 9.53 Å². The summed E-state index contributed by atoms with van der Waals surface area (Å²) in [7, 11) is 0. The van der Waals surface area contributed by atoms with Gasteiger partial charge in [-0.3, -0.25) is 4.79 Å². The van der Waals surface area contributed by atoms with Gasteiger partial charge in [0, 0.05) is 24.5 Å². The first kappa shape index (κ1) is 17.3. The number of ether oxygens (including phenoxy) is 1. The summed E-state index contributed by atoms with van der Waals surface area (Å²) in [5, 5.41) is 2.86. The van der Waals surface area contributed by atoms with Gasteiger partial charge in [0.2, 0.25) is 5.91 Å². The van der Waals surface area contributed by atoms with E-state index in [1.165, 1.54) is 6.33 Å². The van der Waals surface area contributed by atoms with Crippen molar-refractivity contribution in [1.29, 1.82) is 0 Å². The third-order valence-corrected chi connectivity index (χ3v) is 3.59. The summed E-state index contributed by atoms with van der Waals surface area (Å²) in [5.74, 6) is 1.89. The Labute approximate surface area is 141 Å². The number of nitrogens with zero attached hydrogens (tertiary/aromatic N) is 2. The van der Waals surface area contributed by atoms with Gasteiger partial charge in [0.05, 0.1) is 6.61 Å². The predicted octanol–water partition coefficient (Wildman–Crippen LogP) is 3.14.